The standard InChI is InChI=1S/C78H42N6S/c79-43-62-73(81-64-29-10-3-20-49(64)50-21-4-11-30-65(50)81)74(82-66-31-12-5-22-51(66)52-23-6-13-32-67(52)82)63(44-80)76(75(62)83-68-33-14-7-24-53(68)54-25-8-15-34-69(54)83)84-70-42-45(46-38-39-59-48-19-2-1-18-47(48)58-28-17-27-57(46)72(58)59)36-37-55(70)60-40-41-61-56-26-9-16-35-71(56)85-78(61)77(60)84/h1-42H. The Hall–Kier alpha value is -11.5. The highest BCUT2D eigenvalue weighted by atomic mass is 32.1. The van der Waals surface area contributed by atoms with Gasteiger partial charge in [0.1, 0.15) is 23.3 Å². The Balaban J connectivity index is 1.08. The second-order valence-corrected chi connectivity index (χ2v) is 23.5. The molecule has 0 saturated carbocycles. The van der Waals surface area contributed by atoms with Crippen molar-refractivity contribution in [2.24, 2.45) is 0 Å². The zero-order valence-corrected chi connectivity index (χ0v) is 46.2. The maximum atomic E-state index is 13.1. The molecule has 1 aliphatic rings. The van der Waals surface area contributed by atoms with Crippen molar-refractivity contribution in [1.82, 2.24) is 18.3 Å². The van der Waals surface area contributed by atoms with Crippen molar-refractivity contribution in [1.29, 1.82) is 10.5 Å². The van der Waals surface area contributed by atoms with Gasteiger partial charge in [0.05, 0.1) is 71.6 Å². The third kappa shape index (κ3) is 5.98. The Labute approximate surface area is 489 Å². The third-order valence-electron chi connectivity index (χ3n) is 18.4. The summed E-state index contributed by atoms with van der Waals surface area (Å²) in [6, 6.07) is 97.2. The average Bonchev–Trinajstić information content (AvgIpc) is 1.73. The van der Waals surface area contributed by atoms with Gasteiger partial charge in [-0.05, 0) is 92.7 Å². The fourth-order valence-electron chi connectivity index (χ4n) is 15.0. The first-order chi connectivity index (χ1) is 42.2. The summed E-state index contributed by atoms with van der Waals surface area (Å²) in [5.74, 6) is 0. The van der Waals surface area contributed by atoms with Gasteiger partial charge in [0.2, 0.25) is 0 Å². The summed E-state index contributed by atoms with van der Waals surface area (Å²) >= 11 is 1.78. The molecule has 5 heterocycles. The molecule has 0 N–H and O–H groups in total. The normalized spacial score (nSPS) is 12.2. The first kappa shape index (κ1) is 46.2. The van der Waals surface area contributed by atoms with Crippen molar-refractivity contribution in [3.63, 3.8) is 0 Å². The van der Waals surface area contributed by atoms with Crippen LogP contribution in [0, 0.1) is 22.7 Å². The van der Waals surface area contributed by atoms with Crippen LogP contribution in [-0.4, -0.2) is 18.3 Å². The zero-order valence-electron chi connectivity index (χ0n) is 45.3. The summed E-state index contributed by atoms with van der Waals surface area (Å²) in [6.07, 6.45) is 0. The number of thiophene rings is 1. The number of rotatable bonds is 5. The van der Waals surface area contributed by atoms with Crippen molar-refractivity contribution >= 4 is 130 Å². The first-order valence-corrected chi connectivity index (χ1v) is 29.5. The van der Waals surface area contributed by atoms with Gasteiger partial charge in [0.25, 0.3) is 0 Å². The number of aromatic nitrogens is 4. The monoisotopic (exact) mass is 1090 g/mol. The minimum Gasteiger partial charge on any atom is -0.306 e. The maximum absolute atomic E-state index is 13.1. The lowest BCUT2D eigenvalue weighted by Crippen LogP contribution is -2.16. The van der Waals surface area contributed by atoms with Gasteiger partial charge in [0.15, 0.2) is 0 Å². The van der Waals surface area contributed by atoms with Gasteiger partial charge in [0, 0.05) is 58.6 Å². The van der Waals surface area contributed by atoms with Crippen LogP contribution in [0.2, 0.25) is 0 Å². The smallest absolute Gasteiger partial charge is 0.104 e. The van der Waals surface area contributed by atoms with Crippen molar-refractivity contribution in [2.45, 2.75) is 0 Å². The second-order valence-electron chi connectivity index (χ2n) is 22.4. The number of hydrogen-bond acceptors (Lipinski definition) is 3. The van der Waals surface area contributed by atoms with Crippen LogP contribution in [0.25, 0.3) is 174 Å². The molecule has 5 aromatic heterocycles. The number of nitriles is 2. The summed E-state index contributed by atoms with van der Waals surface area (Å²) in [6.45, 7) is 0. The lowest BCUT2D eigenvalue weighted by Gasteiger charge is -2.27. The van der Waals surface area contributed by atoms with Crippen molar-refractivity contribution in [3.05, 3.63) is 266 Å². The Morgan fingerprint density at radius 2 is 0.635 bits per heavy atom. The molecule has 0 atom stereocenters. The number of nitrogens with zero attached hydrogens (tertiary/aromatic N) is 6. The van der Waals surface area contributed by atoms with Crippen LogP contribution in [0.15, 0.2) is 255 Å². The molecule has 1 aliphatic carbocycles. The lowest BCUT2D eigenvalue weighted by molar-refractivity contribution is 1.03. The fraction of sp³-hybridized carbons (Fsp3) is 0. The van der Waals surface area contributed by atoms with Crippen LogP contribution in [0.1, 0.15) is 11.1 Å². The summed E-state index contributed by atoms with van der Waals surface area (Å²) in [7, 11) is 0. The Morgan fingerprint density at radius 1 is 0.271 bits per heavy atom. The van der Waals surface area contributed by atoms with E-state index in [2.05, 4.69) is 285 Å². The average molecular weight is 1100 g/mol. The quantitative estimate of drug-likeness (QED) is 0.172. The minimum atomic E-state index is 0.421. The van der Waals surface area contributed by atoms with Gasteiger partial charge in [-0.25, -0.2) is 0 Å². The molecule has 6 nitrogen and oxygen atoms in total. The SMILES string of the molecule is N#Cc1c(-n2c3ccccc3c3ccccc32)c(-n2c3ccccc3c3ccccc32)c(C#N)c(-n2c3cc(-c4ccc5c6c(cccc46)-c4ccccc4-5)ccc3c3ccc4c5ccccc5sc4c32)c1-n1c2ccccc2c2ccccc21. The summed E-state index contributed by atoms with van der Waals surface area (Å²) in [4.78, 5) is 0. The van der Waals surface area contributed by atoms with Crippen molar-refractivity contribution in [2.75, 3.05) is 0 Å². The fourth-order valence-corrected chi connectivity index (χ4v) is 16.3. The van der Waals surface area contributed by atoms with E-state index in [1.807, 2.05) is 0 Å². The van der Waals surface area contributed by atoms with Crippen molar-refractivity contribution < 1.29 is 0 Å². The van der Waals surface area contributed by atoms with Crippen LogP contribution < -0.4 is 0 Å². The molecule has 0 bridgehead atoms. The van der Waals surface area contributed by atoms with Crippen LogP contribution >= 0.6 is 11.3 Å². The van der Waals surface area contributed by atoms with Gasteiger partial charge in [-0.3, -0.25) is 0 Å². The van der Waals surface area contributed by atoms with E-state index in [1.54, 1.807) is 11.3 Å². The molecule has 7 heteroatoms. The number of fused-ring (bicyclic) bond motifs is 19. The predicted octanol–water partition coefficient (Wildman–Crippen LogP) is 20.7. The van der Waals surface area contributed by atoms with Crippen molar-refractivity contribution in [3.8, 4) is 68.3 Å². The van der Waals surface area contributed by atoms with E-state index in [0.29, 0.717) is 33.9 Å². The van der Waals surface area contributed by atoms with E-state index in [-0.39, 0.29) is 0 Å². The summed E-state index contributed by atoms with van der Waals surface area (Å²) in [5, 5.41) is 39.1. The number of hydrogen-bond donors (Lipinski definition) is 0. The second kappa shape index (κ2) is 17.0. The molecule has 0 aliphatic heterocycles. The highest BCUT2D eigenvalue weighted by Gasteiger charge is 2.35. The van der Waals surface area contributed by atoms with Gasteiger partial charge < -0.3 is 18.3 Å². The molecule has 0 saturated heterocycles. The van der Waals surface area contributed by atoms with Crippen LogP contribution in [-0.2, 0) is 0 Å². The highest BCUT2D eigenvalue weighted by Crippen LogP contribution is 2.53. The van der Waals surface area contributed by atoms with Gasteiger partial charge in [-0.2, -0.15) is 10.5 Å². The molecule has 18 aromatic rings. The van der Waals surface area contributed by atoms with E-state index in [4.69, 9.17) is 0 Å². The zero-order chi connectivity index (χ0) is 55.8. The Morgan fingerprint density at radius 3 is 1.13 bits per heavy atom. The third-order valence-corrected chi connectivity index (χ3v) is 19.6. The molecule has 390 valence electrons. The van der Waals surface area contributed by atoms with Gasteiger partial charge in [-0.15, -0.1) is 11.3 Å². The molecule has 0 amide bonds. The molecular formula is C78H42N6S. The highest BCUT2D eigenvalue weighted by molar-refractivity contribution is 7.26. The predicted molar refractivity (Wildman–Crippen MR) is 353 cm³/mol. The molecular weight excluding hydrogens is 1050 g/mol. The van der Waals surface area contributed by atoms with E-state index in [0.717, 1.165) is 108 Å². The summed E-state index contributed by atoms with van der Waals surface area (Å²) < 4.78 is 11.5. The van der Waals surface area contributed by atoms with Crippen LogP contribution in [0.4, 0.5) is 0 Å². The molecule has 0 spiro atoms. The molecule has 0 unspecified atom stereocenters. The summed E-state index contributed by atoms with van der Waals surface area (Å²) in [5.41, 5.74) is 17.9. The molecule has 19 rings (SSSR count). The first-order valence-electron chi connectivity index (χ1n) is 28.7. The van der Waals surface area contributed by atoms with Crippen LogP contribution in [0.3, 0.4) is 0 Å². The minimum absolute atomic E-state index is 0.421. The van der Waals surface area contributed by atoms with Crippen LogP contribution in [0.5, 0.6) is 0 Å². The molecule has 0 radical (unpaired) electrons. The molecule has 13 aromatic carbocycles. The number of para-hydroxylation sites is 6. The van der Waals surface area contributed by atoms with Gasteiger partial charge >= 0.3 is 0 Å². The topological polar surface area (TPSA) is 67.3 Å². The largest absolute Gasteiger partial charge is 0.306 e. The lowest BCUT2D eigenvalue weighted by atomic mass is 9.94. The molecule has 85 heavy (non-hydrogen) atoms. The Bertz CT molecular complexity index is 5950. The Kier molecular flexibility index (Phi) is 9.26. The van der Waals surface area contributed by atoms with Gasteiger partial charge in [-0.1, -0.05) is 206 Å². The molecule has 0 fully saturated rings. The van der Waals surface area contributed by atoms with E-state index >= 15 is 0 Å². The van der Waals surface area contributed by atoms with E-state index in [9.17, 15) is 10.5 Å². The van der Waals surface area contributed by atoms with E-state index < -0.39 is 0 Å². The maximum Gasteiger partial charge on any atom is 0.104 e. The van der Waals surface area contributed by atoms with E-state index in [1.165, 1.54) is 43.1 Å². The number of benzene rings is 13.